The zero-order valence-electron chi connectivity index (χ0n) is 21.0. The van der Waals surface area contributed by atoms with Crippen molar-refractivity contribution in [1.29, 1.82) is 0 Å². The Kier molecular flexibility index (Phi) is 11.4. The van der Waals surface area contributed by atoms with E-state index in [0.717, 1.165) is 5.56 Å². The molecule has 3 amide bonds. The smallest absolute Gasteiger partial charge is 0.326 e. The van der Waals surface area contributed by atoms with Crippen LogP contribution in [0.4, 0.5) is 0 Å². The number of carboxylic acids is 1. The molecular weight excluding hydrogens is 500 g/mol. The standard InChI is InChI=1S/C26H33ClN4O6/c1-4-31(22(26(36)37)14-18-6-5-7-19(27)12-18)23(33)15-29-24(34)16(2)30-25(35)21(28-3)13-17-8-10-20(32)11-9-17/h5-12,16,21-22,28,32H,4,13-15H2,1-3H3,(H,29,34)(H,30,35)(H,36,37)/t16-,21+,22+/m1/s1. The third-order valence-electron chi connectivity index (χ3n) is 5.85. The van der Waals surface area contributed by atoms with Gasteiger partial charge >= 0.3 is 5.97 Å². The first-order chi connectivity index (χ1) is 17.5. The SMILES string of the molecule is CCN(C(=O)CNC(=O)[C@@H](C)NC(=O)[C@H](Cc1ccc(O)cc1)NC)[C@@H](Cc1cccc(Cl)c1)C(=O)O. The van der Waals surface area contributed by atoms with Crippen molar-refractivity contribution in [3.63, 3.8) is 0 Å². The number of aliphatic carboxylic acids is 1. The van der Waals surface area contributed by atoms with Gasteiger partial charge in [-0.1, -0.05) is 35.9 Å². The van der Waals surface area contributed by atoms with E-state index in [1.54, 1.807) is 50.4 Å². The molecule has 2 rings (SSSR count). The number of likely N-dealkylation sites (N-methyl/N-ethyl adjacent to an activating group) is 2. The lowest BCUT2D eigenvalue weighted by Gasteiger charge is -2.28. The fourth-order valence-electron chi connectivity index (χ4n) is 3.78. The molecule has 10 nitrogen and oxygen atoms in total. The van der Waals surface area contributed by atoms with Gasteiger partial charge < -0.3 is 31.1 Å². The third-order valence-corrected chi connectivity index (χ3v) is 6.08. The predicted octanol–water partition coefficient (Wildman–Crippen LogP) is 1.34. The summed E-state index contributed by atoms with van der Waals surface area (Å²) in [4.78, 5) is 51.1. The first kappa shape index (κ1) is 29.6. The number of carboxylic acid groups (broad SMARTS) is 1. The van der Waals surface area contributed by atoms with Gasteiger partial charge in [0.1, 0.15) is 17.8 Å². The lowest BCUT2D eigenvalue weighted by Crippen LogP contribution is -2.54. The molecule has 0 aliphatic heterocycles. The zero-order valence-corrected chi connectivity index (χ0v) is 21.8. The van der Waals surface area contributed by atoms with Crippen LogP contribution in [0, 0.1) is 0 Å². The van der Waals surface area contributed by atoms with Gasteiger partial charge in [0.2, 0.25) is 17.7 Å². The van der Waals surface area contributed by atoms with E-state index in [1.165, 1.54) is 24.0 Å². The summed E-state index contributed by atoms with van der Waals surface area (Å²) in [6, 6.07) is 10.5. The molecule has 0 aromatic heterocycles. The molecule has 3 atom stereocenters. The second-order valence-corrected chi connectivity index (χ2v) is 8.96. The first-order valence-corrected chi connectivity index (χ1v) is 12.2. The lowest BCUT2D eigenvalue weighted by atomic mass is 10.0. The summed E-state index contributed by atoms with van der Waals surface area (Å²) in [6.07, 6.45) is 0.395. The Hall–Kier alpha value is -3.63. The molecule has 0 spiro atoms. The van der Waals surface area contributed by atoms with E-state index in [1.807, 2.05) is 0 Å². The number of nitrogens with zero attached hydrogens (tertiary/aromatic N) is 1. The molecule has 0 fully saturated rings. The van der Waals surface area contributed by atoms with E-state index in [9.17, 15) is 29.4 Å². The molecule has 5 N–H and O–H groups in total. The van der Waals surface area contributed by atoms with Gasteiger partial charge in [0.25, 0.3) is 0 Å². The number of hydrogen-bond acceptors (Lipinski definition) is 6. The third kappa shape index (κ3) is 9.07. The van der Waals surface area contributed by atoms with Crippen LogP contribution in [0.5, 0.6) is 5.75 Å². The van der Waals surface area contributed by atoms with Crippen molar-refractivity contribution in [2.75, 3.05) is 20.1 Å². The molecule has 2 aromatic rings. The van der Waals surface area contributed by atoms with Gasteiger partial charge in [-0.3, -0.25) is 14.4 Å². The van der Waals surface area contributed by atoms with Crippen LogP contribution < -0.4 is 16.0 Å². The molecule has 0 saturated heterocycles. The number of phenols is 1. The van der Waals surface area contributed by atoms with E-state index in [4.69, 9.17) is 11.6 Å². The number of benzene rings is 2. The van der Waals surface area contributed by atoms with Gasteiger partial charge in [-0.25, -0.2) is 4.79 Å². The number of halogens is 1. The highest BCUT2D eigenvalue weighted by atomic mass is 35.5. The van der Waals surface area contributed by atoms with E-state index in [-0.39, 0.29) is 18.7 Å². The molecule has 0 aliphatic rings. The summed E-state index contributed by atoms with van der Waals surface area (Å²) in [5.41, 5.74) is 1.48. The molecule has 37 heavy (non-hydrogen) atoms. The average Bonchev–Trinajstić information content (AvgIpc) is 2.86. The number of rotatable bonds is 13. The van der Waals surface area contributed by atoms with Gasteiger partial charge in [0.15, 0.2) is 0 Å². The Morgan fingerprint density at radius 3 is 2.24 bits per heavy atom. The summed E-state index contributed by atoms with van der Waals surface area (Å²) in [6.45, 7) is 2.85. The number of carbonyl (C=O) groups excluding carboxylic acids is 3. The lowest BCUT2D eigenvalue weighted by molar-refractivity contribution is -0.150. The Bertz CT molecular complexity index is 1090. The van der Waals surface area contributed by atoms with Crippen molar-refractivity contribution < 1.29 is 29.4 Å². The van der Waals surface area contributed by atoms with E-state index in [0.29, 0.717) is 17.0 Å². The minimum Gasteiger partial charge on any atom is -0.508 e. The maximum absolute atomic E-state index is 12.8. The largest absolute Gasteiger partial charge is 0.508 e. The highest BCUT2D eigenvalue weighted by Gasteiger charge is 2.29. The van der Waals surface area contributed by atoms with Crippen molar-refractivity contribution in [2.24, 2.45) is 0 Å². The molecule has 0 radical (unpaired) electrons. The Labute approximate surface area is 221 Å². The molecule has 0 aliphatic carbocycles. The van der Waals surface area contributed by atoms with Gasteiger partial charge in [-0.05, 0) is 62.7 Å². The second-order valence-electron chi connectivity index (χ2n) is 8.53. The van der Waals surface area contributed by atoms with Crippen LogP contribution in [-0.4, -0.2) is 77.1 Å². The number of nitrogens with one attached hydrogen (secondary N) is 3. The second kappa shape index (κ2) is 14.2. The molecule has 11 heteroatoms. The fourth-order valence-corrected chi connectivity index (χ4v) is 3.99. The highest BCUT2D eigenvalue weighted by molar-refractivity contribution is 6.30. The average molecular weight is 533 g/mol. The first-order valence-electron chi connectivity index (χ1n) is 11.9. The maximum Gasteiger partial charge on any atom is 0.326 e. The Balaban J connectivity index is 1.94. The van der Waals surface area contributed by atoms with Crippen LogP contribution in [0.3, 0.4) is 0 Å². The Morgan fingerprint density at radius 2 is 1.68 bits per heavy atom. The summed E-state index contributed by atoms with van der Waals surface area (Å²) >= 11 is 5.99. The van der Waals surface area contributed by atoms with Gasteiger partial charge in [-0.15, -0.1) is 0 Å². The van der Waals surface area contributed by atoms with Crippen molar-refractivity contribution in [2.45, 2.75) is 44.8 Å². The number of hydrogen-bond donors (Lipinski definition) is 5. The van der Waals surface area contributed by atoms with Crippen LogP contribution >= 0.6 is 11.6 Å². The van der Waals surface area contributed by atoms with Gasteiger partial charge in [0, 0.05) is 18.0 Å². The monoisotopic (exact) mass is 532 g/mol. The minimum atomic E-state index is -1.17. The van der Waals surface area contributed by atoms with Crippen LogP contribution in [0.1, 0.15) is 25.0 Å². The Morgan fingerprint density at radius 1 is 1.00 bits per heavy atom. The van der Waals surface area contributed by atoms with Crippen LogP contribution in [0.2, 0.25) is 5.02 Å². The van der Waals surface area contributed by atoms with Crippen molar-refractivity contribution in [1.82, 2.24) is 20.9 Å². The van der Waals surface area contributed by atoms with Crippen molar-refractivity contribution in [3.05, 3.63) is 64.7 Å². The molecule has 0 saturated carbocycles. The number of phenolic OH excluding ortho intramolecular Hbond substituents is 1. The van der Waals surface area contributed by atoms with Crippen LogP contribution in [0.25, 0.3) is 0 Å². The fraction of sp³-hybridized carbons (Fsp3) is 0.385. The van der Waals surface area contributed by atoms with Gasteiger partial charge in [0.05, 0.1) is 12.6 Å². The molecule has 2 aromatic carbocycles. The molecule has 0 heterocycles. The van der Waals surface area contributed by atoms with E-state index < -0.39 is 48.4 Å². The molecular formula is C26H33ClN4O6. The van der Waals surface area contributed by atoms with Crippen molar-refractivity contribution in [3.8, 4) is 5.75 Å². The molecule has 200 valence electrons. The van der Waals surface area contributed by atoms with Crippen LogP contribution in [0.15, 0.2) is 48.5 Å². The number of aromatic hydroxyl groups is 1. The minimum absolute atomic E-state index is 0.0579. The molecule has 0 unspecified atom stereocenters. The highest BCUT2D eigenvalue weighted by Crippen LogP contribution is 2.15. The van der Waals surface area contributed by atoms with Crippen molar-refractivity contribution >= 4 is 35.3 Å². The zero-order chi connectivity index (χ0) is 27.5. The summed E-state index contributed by atoms with van der Waals surface area (Å²) in [5.74, 6) is -2.61. The number of amides is 3. The molecule has 0 bridgehead atoms. The van der Waals surface area contributed by atoms with Gasteiger partial charge in [-0.2, -0.15) is 0 Å². The summed E-state index contributed by atoms with van der Waals surface area (Å²) in [7, 11) is 1.62. The van der Waals surface area contributed by atoms with Crippen LogP contribution in [-0.2, 0) is 32.0 Å². The maximum atomic E-state index is 12.8. The summed E-state index contributed by atoms with van der Waals surface area (Å²) < 4.78 is 0. The summed E-state index contributed by atoms with van der Waals surface area (Å²) in [5, 5.41) is 27.6. The van der Waals surface area contributed by atoms with E-state index >= 15 is 0 Å². The van der Waals surface area contributed by atoms with E-state index in [2.05, 4.69) is 16.0 Å². The predicted molar refractivity (Wildman–Crippen MR) is 139 cm³/mol. The number of carbonyl (C=O) groups is 4. The quantitative estimate of drug-likeness (QED) is 0.261. The topological polar surface area (TPSA) is 148 Å². The normalized spacial score (nSPS) is 13.2.